The maximum atomic E-state index is 13.0. The van der Waals surface area contributed by atoms with Crippen molar-refractivity contribution in [3.8, 4) is 0 Å². The Morgan fingerprint density at radius 2 is 1.72 bits per heavy atom. The largest absolute Gasteiger partial charge is 0.349 e. The van der Waals surface area contributed by atoms with E-state index in [4.69, 9.17) is 0 Å². The van der Waals surface area contributed by atoms with Crippen molar-refractivity contribution >= 4 is 33.4 Å². The van der Waals surface area contributed by atoms with Gasteiger partial charge in [-0.1, -0.05) is 12.1 Å². The molecule has 4 rings (SSSR count). The number of carbonyl (C=O) groups is 2. The Kier molecular flexibility index (Phi) is 5.36. The van der Waals surface area contributed by atoms with Crippen LogP contribution in [0.5, 0.6) is 0 Å². The molecule has 29 heavy (non-hydrogen) atoms. The summed E-state index contributed by atoms with van der Waals surface area (Å²) in [4.78, 5) is 37.6. The molecule has 0 atom stereocenters. The minimum absolute atomic E-state index is 0.0728. The summed E-state index contributed by atoms with van der Waals surface area (Å²) in [5.41, 5.74) is 1.69. The smallest absolute Gasteiger partial charge is 0.284 e. The third-order valence-corrected chi connectivity index (χ3v) is 5.79. The average Bonchev–Trinajstić information content (AvgIpc) is 3.61. The van der Waals surface area contributed by atoms with E-state index in [1.54, 1.807) is 23.1 Å². The maximum absolute atomic E-state index is 13.0. The summed E-state index contributed by atoms with van der Waals surface area (Å²) in [7, 11) is 0. The second kappa shape index (κ2) is 7.94. The second-order valence-electron chi connectivity index (χ2n) is 7.53. The molecule has 2 fully saturated rings. The Morgan fingerprint density at radius 3 is 2.31 bits per heavy atom. The fourth-order valence-corrected chi connectivity index (χ4v) is 3.55. The van der Waals surface area contributed by atoms with Crippen LogP contribution in [0.4, 0.5) is 5.69 Å². The van der Waals surface area contributed by atoms with Crippen LogP contribution in [0.15, 0.2) is 46.9 Å². The Morgan fingerprint density at radius 1 is 1.07 bits per heavy atom. The van der Waals surface area contributed by atoms with E-state index in [1.807, 2.05) is 12.1 Å². The van der Waals surface area contributed by atoms with Gasteiger partial charge in [-0.2, -0.15) is 0 Å². The number of amides is 2. The van der Waals surface area contributed by atoms with Gasteiger partial charge < -0.3 is 10.2 Å². The molecule has 2 amide bonds. The number of halogens is 1. The van der Waals surface area contributed by atoms with E-state index in [0.717, 1.165) is 31.2 Å². The molecule has 0 spiro atoms. The number of hydrogen-bond acceptors (Lipinski definition) is 4. The molecule has 2 aromatic rings. The lowest BCUT2D eigenvalue weighted by molar-refractivity contribution is -0.385. The van der Waals surface area contributed by atoms with Gasteiger partial charge in [-0.25, -0.2) is 0 Å². The highest BCUT2D eigenvalue weighted by Gasteiger charge is 2.34. The van der Waals surface area contributed by atoms with Crippen molar-refractivity contribution < 1.29 is 14.5 Å². The van der Waals surface area contributed by atoms with Crippen LogP contribution in [-0.4, -0.2) is 33.7 Å². The van der Waals surface area contributed by atoms with Gasteiger partial charge in [-0.15, -0.1) is 0 Å². The molecule has 8 heteroatoms. The molecule has 150 valence electrons. The van der Waals surface area contributed by atoms with Gasteiger partial charge >= 0.3 is 0 Å². The summed E-state index contributed by atoms with van der Waals surface area (Å²) in [6.45, 7) is 0.401. The van der Waals surface area contributed by atoms with Crippen LogP contribution in [0.3, 0.4) is 0 Å². The summed E-state index contributed by atoms with van der Waals surface area (Å²) >= 11 is 3.15. The summed E-state index contributed by atoms with van der Waals surface area (Å²) < 4.78 is 0.345. The molecule has 0 heterocycles. The van der Waals surface area contributed by atoms with Crippen LogP contribution in [0.2, 0.25) is 0 Å². The average molecular weight is 458 g/mol. The van der Waals surface area contributed by atoms with Crippen molar-refractivity contribution in [1.29, 1.82) is 0 Å². The standard InChI is InChI=1S/C21H20BrN3O4/c22-18-10-5-15(11-19(18)25(28)29)21(27)24(17-8-9-17)12-13-1-3-14(4-2-13)20(26)23-16-6-7-16/h1-5,10-11,16-17H,6-9,12H2,(H,23,26). The number of hydrogen-bond donors (Lipinski definition) is 1. The van der Waals surface area contributed by atoms with Gasteiger partial charge in [0.2, 0.25) is 0 Å². The van der Waals surface area contributed by atoms with E-state index < -0.39 is 4.92 Å². The Bertz CT molecular complexity index is 968. The molecule has 7 nitrogen and oxygen atoms in total. The van der Waals surface area contributed by atoms with Gasteiger partial charge in [-0.05, 0) is 71.4 Å². The quantitative estimate of drug-likeness (QED) is 0.501. The third-order valence-electron chi connectivity index (χ3n) is 5.12. The molecule has 0 aromatic heterocycles. The normalized spacial score (nSPS) is 15.6. The summed E-state index contributed by atoms with van der Waals surface area (Å²) in [6.07, 6.45) is 3.92. The van der Waals surface area contributed by atoms with Crippen LogP contribution in [0, 0.1) is 10.1 Å². The molecule has 1 N–H and O–H groups in total. The summed E-state index contributed by atoms with van der Waals surface area (Å²) in [6, 6.07) is 12.1. The van der Waals surface area contributed by atoms with Gasteiger partial charge in [-0.3, -0.25) is 19.7 Å². The summed E-state index contributed by atoms with van der Waals surface area (Å²) in [5, 5.41) is 14.1. The first-order valence-corrected chi connectivity index (χ1v) is 10.4. The zero-order chi connectivity index (χ0) is 20.5. The molecule has 0 unspecified atom stereocenters. The molecule has 2 saturated carbocycles. The van der Waals surface area contributed by atoms with Crippen molar-refractivity contribution in [1.82, 2.24) is 10.2 Å². The Labute approximate surface area is 176 Å². The highest BCUT2D eigenvalue weighted by atomic mass is 79.9. The van der Waals surface area contributed by atoms with Crippen molar-refractivity contribution in [2.75, 3.05) is 0 Å². The van der Waals surface area contributed by atoms with Crippen LogP contribution in [-0.2, 0) is 6.54 Å². The second-order valence-corrected chi connectivity index (χ2v) is 8.39. The van der Waals surface area contributed by atoms with Crippen LogP contribution >= 0.6 is 15.9 Å². The maximum Gasteiger partial charge on any atom is 0.284 e. The topological polar surface area (TPSA) is 92.6 Å². The van der Waals surface area contributed by atoms with E-state index in [9.17, 15) is 19.7 Å². The van der Waals surface area contributed by atoms with Gasteiger partial charge in [0, 0.05) is 35.8 Å². The SMILES string of the molecule is O=C(NC1CC1)c1ccc(CN(C(=O)c2ccc(Br)c([N+](=O)[O-])c2)C2CC2)cc1. The first kappa shape index (κ1) is 19.6. The van der Waals surface area contributed by atoms with Crippen molar-refractivity contribution in [2.24, 2.45) is 0 Å². The molecule has 0 bridgehead atoms. The molecule has 0 saturated heterocycles. The van der Waals surface area contributed by atoms with Crippen molar-refractivity contribution in [3.05, 3.63) is 73.7 Å². The number of benzene rings is 2. The minimum Gasteiger partial charge on any atom is -0.349 e. The molecular formula is C21H20BrN3O4. The van der Waals surface area contributed by atoms with E-state index in [0.29, 0.717) is 28.2 Å². The number of nitrogens with zero attached hydrogens (tertiary/aromatic N) is 2. The van der Waals surface area contributed by atoms with Crippen molar-refractivity contribution in [2.45, 2.75) is 44.3 Å². The van der Waals surface area contributed by atoms with E-state index in [1.165, 1.54) is 12.1 Å². The zero-order valence-electron chi connectivity index (χ0n) is 15.6. The highest BCUT2D eigenvalue weighted by Crippen LogP contribution is 2.32. The zero-order valence-corrected chi connectivity index (χ0v) is 17.2. The van der Waals surface area contributed by atoms with E-state index in [2.05, 4.69) is 21.2 Å². The number of carbonyl (C=O) groups excluding carboxylic acids is 2. The van der Waals surface area contributed by atoms with Gasteiger partial charge in [0.05, 0.1) is 9.40 Å². The molecular weight excluding hydrogens is 438 g/mol. The van der Waals surface area contributed by atoms with E-state index in [-0.39, 0.29) is 23.5 Å². The molecule has 0 aliphatic heterocycles. The van der Waals surface area contributed by atoms with Gasteiger partial charge in [0.15, 0.2) is 0 Å². The lowest BCUT2D eigenvalue weighted by Gasteiger charge is -2.23. The fourth-order valence-electron chi connectivity index (χ4n) is 3.16. The number of nitro benzene ring substituents is 1. The number of nitrogens with one attached hydrogen (secondary N) is 1. The molecule has 0 radical (unpaired) electrons. The molecule has 2 aromatic carbocycles. The fraction of sp³-hybridized carbons (Fsp3) is 0.333. The van der Waals surface area contributed by atoms with Gasteiger partial charge in [0.1, 0.15) is 0 Å². The van der Waals surface area contributed by atoms with Gasteiger partial charge in [0.25, 0.3) is 17.5 Å². The Hall–Kier alpha value is -2.74. The highest BCUT2D eigenvalue weighted by molar-refractivity contribution is 9.10. The first-order chi connectivity index (χ1) is 13.9. The third kappa shape index (κ3) is 4.64. The lowest BCUT2D eigenvalue weighted by atomic mass is 10.1. The van der Waals surface area contributed by atoms with Crippen LogP contribution in [0.1, 0.15) is 52.0 Å². The molecule has 2 aliphatic carbocycles. The minimum atomic E-state index is -0.506. The number of rotatable bonds is 7. The van der Waals surface area contributed by atoms with E-state index >= 15 is 0 Å². The predicted octanol–water partition coefficient (Wildman–Crippen LogP) is 4.05. The van der Waals surface area contributed by atoms with Crippen LogP contribution in [0.25, 0.3) is 0 Å². The first-order valence-electron chi connectivity index (χ1n) is 9.57. The summed E-state index contributed by atoms with van der Waals surface area (Å²) in [5.74, 6) is -0.296. The van der Waals surface area contributed by atoms with Crippen LogP contribution < -0.4 is 5.32 Å². The van der Waals surface area contributed by atoms with Crippen molar-refractivity contribution in [3.63, 3.8) is 0 Å². The Balaban J connectivity index is 1.49. The monoisotopic (exact) mass is 457 g/mol. The number of nitro groups is 1. The predicted molar refractivity (Wildman–Crippen MR) is 111 cm³/mol. The lowest BCUT2D eigenvalue weighted by Crippen LogP contribution is -2.32. The molecule has 2 aliphatic rings.